The van der Waals surface area contributed by atoms with Crippen LogP contribution in [0.5, 0.6) is 0 Å². The Morgan fingerprint density at radius 2 is 2.13 bits per heavy atom. The molecule has 0 radical (unpaired) electrons. The van der Waals surface area contributed by atoms with Gasteiger partial charge in [-0.05, 0) is 20.8 Å². The molecule has 4 heteroatoms. The third kappa shape index (κ3) is 1.58. The lowest BCUT2D eigenvalue weighted by Crippen LogP contribution is -2.45. The van der Waals surface area contributed by atoms with E-state index in [2.05, 4.69) is 53.7 Å². The predicted molar refractivity (Wildman–Crippen MR) is 62.4 cm³/mol. The van der Waals surface area contributed by atoms with Gasteiger partial charge in [0, 0.05) is 26.3 Å². The summed E-state index contributed by atoms with van der Waals surface area (Å²) in [5.41, 5.74) is 1.26. The molecule has 2 heterocycles. The monoisotopic (exact) mass is 208 g/mol. The van der Waals surface area contributed by atoms with Crippen LogP contribution in [-0.4, -0.2) is 53.5 Å². The molecule has 15 heavy (non-hydrogen) atoms. The van der Waals surface area contributed by atoms with Crippen molar-refractivity contribution in [3.05, 3.63) is 11.9 Å². The van der Waals surface area contributed by atoms with E-state index in [4.69, 9.17) is 0 Å². The molecule has 2 rings (SSSR count). The summed E-state index contributed by atoms with van der Waals surface area (Å²) >= 11 is 0. The van der Waals surface area contributed by atoms with Gasteiger partial charge in [-0.25, -0.2) is 4.99 Å². The van der Waals surface area contributed by atoms with Gasteiger partial charge in [0.15, 0.2) is 5.84 Å². The Morgan fingerprint density at radius 3 is 2.73 bits per heavy atom. The van der Waals surface area contributed by atoms with Gasteiger partial charge >= 0.3 is 0 Å². The minimum absolute atomic E-state index is 0.275. The highest BCUT2D eigenvalue weighted by Crippen LogP contribution is 2.24. The maximum atomic E-state index is 4.69. The van der Waals surface area contributed by atoms with Gasteiger partial charge in [-0.3, -0.25) is 0 Å². The Bertz CT molecular complexity index is 308. The molecule has 0 fully saturated rings. The number of hydrogen-bond donors (Lipinski definition) is 0. The molecule has 0 spiro atoms. The predicted octanol–water partition coefficient (Wildman–Crippen LogP) is 1.13. The summed E-state index contributed by atoms with van der Waals surface area (Å²) in [4.78, 5) is 11.6. The van der Waals surface area contributed by atoms with Gasteiger partial charge in [0.25, 0.3) is 0 Å². The summed E-state index contributed by atoms with van der Waals surface area (Å²) in [6.07, 6.45) is 2.51. The lowest BCUT2D eigenvalue weighted by atomic mass is 10.3. The van der Waals surface area contributed by atoms with E-state index in [9.17, 15) is 0 Å². The first-order valence-corrected chi connectivity index (χ1v) is 5.69. The number of fused-ring (bicyclic) bond motifs is 1. The van der Waals surface area contributed by atoms with Crippen LogP contribution in [0.3, 0.4) is 0 Å². The highest BCUT2D eigenvalue weighted by molar-refractivity contribution is 5.99. The van der Waals surface area contributed by atoms with Gasteiger partial charge < -0.3 is 14.7 Å². The van der Waals surface area contributed by atoms with Crippen LogP contribution < -0.4 is 0 Å². The average molecular weight is 208 g/mol. The van der Waals surface area contributed by atoms with E-state index in [0.717, 1.165) is 25.6 Å². The minimum atomic E-state index is 0.275. The Hall–Kier alpha value is -1.19. The highest BCUT2D eigenvalue weighted by atomic mass is 15.4. The number of nitrogens with zero attached hydrogens (tertiary/aromatic N) is 4. The van der Waals surface area contributed by atoms with Crippen LogP contribution in [0.1, 0.15) is 20.8 Å². The number of aliphatic imine (C=N–C) groups is 1. The molecule has 0 saturated carbocycles. The maximum Gasteiger partial charge on any atom is 0.152 e. The third-order valence-electron chi connectivity index (χ3n) is 3.22. The van der Waals surface area contributed by atoms with E-state index in [1.807, 2.05) is 0 Å². The lowest BCUT2D eigenvalue weighted by Gasteiger charge is -2.36. The lowest BCUT2D eigenvalue weighted by molar-refractivity contribution is 0.241. The Kier molecular flexibility index (Phi) is 2.59. The standard InChI is InChI=1S/C11H20N4/c1-5-14-7-10-11(15(6-2)8-14)12-9(3)13(10)4/h7,9H,5-6,8H2,1-4H3. The fourth-order valence-electron chi connectivity index (χ4n) is 2.02. The fraction of sp³-hybridized carbons (Fsp3) is 0.727. The maximum absolute atomic E-state index is 4.69. The molecule has 0 saturated heterocycles. The Labute approximate surface area is 91.9 Å². The molecule has 2 aliphatic rings. The summed E-state index contributed by atoms with van der Waals surface area (Å²) in [5.74, 6) is 1.16. The normalized spacial score (nSPS) is 25.3. The minimum Gasteiger partial charge on any atom is -0.358 e. The first-order valence-electron chi connectivity index (χ1n) is 5.69. The molecule has 0 aromatic heterocycles. The molecular formula is C11H20N4. The van der Waals surface area contributed by atoms with E-state index in [-0.39, 0.29) is 6.17 Å². The SMILES string of the molecule is CCN1C=C2C(=NC(C)N2C)N(CC)C1. The summed E-state index contributed by atoms with van der Waals surface area (Å²) in [5, 5.41) is 0. The van der Waals surface area contributed by atoms with Crippen LogP contribution in [0, 0.1) is 0 Å². The third-order valence-corrected chi connectivity index (χ3v) is 3.22. The Balaban J connectivity index is 2.32. The van der Waals surface area contributed by atoms with Crippen molar-refractivity contribution in [1.29, 1.82) is 0 Å². The first-order chi connectivity index (χ1) is 7.17. The van der Waals surface area contributed by atoms with Gasteiger partial charge in [0.2, 0.25) is 0 Å². The molecule has 0 aromatic carbocycles. The van der Waals surface area contributed by atoms with Crippen LogP contribution in [0.4, 0.5) is 0 Å². The van der Waals surface area contributed by atoms with Crippen molar-refractivity contribution in [3.63, 3.8) is 0 Å². The first kappa shape index (κ1) is 10.3. The van der Waals surface area contributed by atoms with E-state index in [0.29, 0.717) is 0 Å². The van der Waals surface area contributed by atoms with Crippen molar-refractivity contribution in [3.8, 4) is 0 Å². The zero-order valence-electron chi connectivity index (χ0n) is 10.1. The summed E-state index contributed by atoms with van der Waals surface area (Å²) in [7, 11) is 2.11. The van der Waals surface area contributed by atoms with Gasteiger partial charge in [-0.2, -0.15) is 0 Å². The van der Waals surface area contributed by atoms with Crippen LogP contribution in [-0.2, 0) is 0 Å². The molecule has 1 unspecified atom stereocenters. The van der Waals surface area contributed by atoms with Gasteiger partial charge in [-0.15, -0.1) is 0 Å². The van der Waals surface area contributed by atoms with Crippen molar-refractivity contribution < 1.29 is 0 Å². The average Bonchev–Trinajstić information content (AvgIpc) is 2.54. The van der Waals surface area contributed by atoms with Crippen molar-refractivity contribution in [2.24, 2.45) is 4.99 Å². The number of likely N-dealkylation sites (N-methyl/N-ethyl adjacent to an activating group) is 2. The molecule has 0 aliphatic carbocycles. The van der Waals surface area contributed by atoms with Crippen LogP contribution in [0.15, 0.2) is 16.9 Å². The quantitative estimate of drug-likeness (QED) is 0.679. The summed E-state index contributed by atoms with van der Waals surface area (Å²) in [6, 6.07) is 0. The molecule has 0 aromatic rings. The molecule has 4 nitrogen and oxygen atoms in total. The van der Waals surface area contributed by atoms with E-state index in [1.54, 1.807) is 0 Å². The Morgan fingerprint density at radius 1 is 1.40 bits per heavy atom. The van der Waals surface area contributed by atoms with Crippen molar-refractivity contribution in [2.75, 3.05) is 26.8 Å². The fourth-order valence-corrected chi connectivity index (χ4v) is 2.02. The van der Waals surface area contributed by atoms with Crippen molar-refractivity contribution in [1.82, 2.24) is 14.7 Å². The van der Waals surface area contributed by atoms with Gasteiger partial charge in [0.05, 0.1) is 12.4 Å². The largest absolute Gasteiger partial charge is 0.358 e. The second-order valence-corrected chi connectivity index (χ2v) is 4.11. The molecule has 0 bridgehead atoms. The molecule has 2 aliphatic heterocycles. The van der Waals surface area contributed by atoms with Gasteiger partial charge in [0.1, 0.15) is 6.17 Å². The zero-order valence-corrected chi connectivity index (χ0v) is 10.1. The number of hydrogen-bond acceptors (Lipinski definition) is 4. The highest BCUT2D eigenvalue weighted by Gasteiger charge is 2.31. The van der Waals surface area contributed by atoms with Crippen LogP contribution in [0.2, 0.25) is 0 Å². The second kappa shape index (κ2) is 3.76. The van der Waals surface area contributed by atoms with Crippen LogP contribution >= 0.6 is 0 Å². The van der Waals surface area contributed by atoms with E-state index >= 15 is 0 Å². The number of rotatable bonds is 2. The molecule has 0 amide bonds. The van der Waals surface area contributed by atoms with Crippen LogP contribution in [0.25, 0.3) is 0 Å². The van der Waals surface area contributed by atoms with Crippen molar-refractivity contribution in [2.45, 2.75) is 26.9 Å². The molecule has 84 valence electrons. The zero-order chi connectivity index (χ0) is 11.0. The van der Waals surface area contributed by atoms with E-state index in [1.165, 1.54) is 5.70 Å². The number of amidine groups is 1. The molecular weight excluding hydrogens is 188 g/mol. The van der Waals surface area contributed by atoms with E-state index < -0.39 is 0 Å². The summed E-state index contributed by atoms with van der Waals surface area (Å²) in [6.45, 7) is 9.54. The molecule has 0 N–H and O–H groups in total. The van der Waals surface area contributed by atoms with Crippen molar-refractivity contribution >= 4 is 5.84 Å². The smallest absolute Gasteiger partial charge is 0.152 e. The topological polar surface area (TPSA) is 22.1 Å². The summed E-state index contributed by atoms with van der Waals surface area (Å²) < 4.78 is 0. The second-order valence-electron chi connectivity index (χ2n) is 4.11. The van der Waals surface area contributed by atoms with Gasteiger partial charge in [-0.1, -0.05) is 0 Å². The molecule has 1 atom stereocenters.